The Balaban J connectivity index is 1.35. The molecule has 0 bridgehead atoms. The number of fused-ring (bicyclic) bond motifs is 1. The minimum Gasteiger partial charge on any atom is -0.494 e. The van der Waals surface area contributed by atoms with E-state index in [1.807, 2.05) is 12.1 Å². The molecular weight excluding hydrogens is 460 g/mol. The van der Waals surface area contributed by atoms with Crippen molar-refractivity contribution in [3.63, 3.8) is 0 Å². The van der Waals surface area contributed by atoms with Crippen LogP contribution in [0.5, 0.6) is 5.75 Å². The molecule has 11 heteroatoms. The van der Waals surface area contributed by atoms with Gasteiger partial charge in [-0.25, -0.2) is 9.98 Å². The molecule has 1 aromatic heterocycles. The van der Waals surface area contributed by atoms with E-state index < -0.39 is 5.66 Å². The zero-order valence-corrected chi connectivity index (χ0v) is 20.4. The normalized spacial score (nSPS) is 24.4. The Hall–Kier alpha value is -3.57. The lowest BCUT2D eigenvalue weighted by atomic mass is 9.75. The van der Waals surface area contributed by atoms with Crippen LogP contribution in [0.2, 0.25) is 0 Å². The highest BCUT2D eigenvalue weighted by atomic mass is 16.5. The molecule has 6 rings (SSSR count). The number of hydrogen-bond acceptors (Lipinski definition) is 11. The fourth-order valence-corrected chi connectivity index (χ4v) is 5.54. The number of amidine groups is 1. The van der Waals surface area contributed by atoms with Gasteiger partial charge in [-0.1, -0.05) is 19.3 Å². The van der Waals surface area contributed by atoms with Crippen LogP contribution in [0.4, 0.5) is 11.4 Å². The number of aromatic nitrogens is 1. The molecule has 36 heavy (non-hydrogen) atoms. The molecule has 2 fully saturated rings. The van der Waals surface area contributed by atoms with Crippen LogP contribution < -0.4 is 31.5 Å². The maximum absolute atomic E-state index is 7.19. The van der Waals surface area contributed by atoms with E-state index in [1.54, 1.807) is 13.3 Å². The van der Waals surface area contributed by atoms with Gasteiger partial charge in [-0.05, 0) is 25.0 Å². The second kappa shape index (κ2) is 9.47. The molecule has 4 aliphatic rings. The lowest BCUT2D eigenvalue weighted by Crippen LogP contribution is -2.53. The number of hydrazine groups is 1. The van der Waals surface area contributed by atoms with Crippen molar-refractivity contribution in [2.45, 2.75) is 37.8 Å². The molecule has 1 aliphatic carbocycles. The summed E-state index contributed by atoms with van der Waals surface area (Å²) in [5.74, 6) is 2.56. The number of methoxy groups -OCH3 is 1. The van der Waals surface area contributed by atoms with Gasteiger partial charge in [0, 0.05) is 30.8 Å². The molecule has 5 N–H and O–H groups in total. The number of hydrogen-bond donors (Lipinski definition) is 4. The monoisotopic (exact) mass is 492 g/mol. The summed E-state index contributed by atoms with van der Waals surface area (Å²) in [7, 11) is 1.67. The molecule has 11 nitrogen and oxygen atoms in total. The van der Waals surface area contributed by atoms with Crippen molar-refractivity contribution in [2.75, 3.05) is 43.6 Å². The fraction of sp³-hybridized carbons (Fsp3) is 0.480. The van der Waals surface area contributed by atoms with E-state index in [9.17, 15) is 0 Å². The Morgan fingerprint density at radius 1 is 1.17 bits per heavy atom. The summed E-state index contributed by atoms with van der Waals surface area (Å²) in [6.45, 7) is 3.16. The number of ether oxygens (including phenoxy) is 2. The summed E-state index contributed by atoms with van der Waals surface area (Å²) in [5, 5.41) is 3.38. The molecule has 1 atom stereocenters. The molecule has 1 saturated carbocycles. The third-order valence-corrected chi connectivity index (χ3v) is 7.42. The number of oxazole rings is 1. The Labute approximate surface area is 209 Å². The fourth-order valence-electron chi connectivity index (χ4n) is 5.54. The Bertz CT molecular complexity index is 1200. The zero-order chi connectivity index (χ0) is 24.5. The van der Waals surface area contributed by atoms with E-state index >= 15 is 0 Å². The van der Waals surface area contributed by atoms with E-state index in [0.29, 0.717) is 23.3 Å². The predicted octanol–water partition coefficient (Wildman–Crippen LogP) is 2.45. The van der Waals surface area contributed by atoms with Gasteiger partial charge in [-0.15, -0.1) is 0 Å². The van der Waals surface area contributed by atoms with Crippen molar-refractivity contribution >= 4 is 28.9 Å². The molecule has 190 valence electrons. The summed E-state index contributed by atoms with van der Waals surface area (Å²) < 4.78 is 16.8. The smallest absolute Gasteiger partial charge is 0.226 e. The molecular formula is C25H32N8O3. The van der Waals surface area contributed by atoms with Crippen molar-refractivity contribution in [3.8, 4) is 5.75 Å². The maximum Gasteiger partial charge on any atom is 0.226 e. The zero-order valence-electron chi connectivity index (χ0n) is 20.4. The SMILES string of the molecule is COc1cc(N2CCOCC2)ccc1NC1=NC(N)(C2CCCCC2)C2=C(c3cnco3)NNC2=N1. The molecule has 1 unspecified atom stereocenters. The van der Waals surface area contributed by atoms with Gasteiger partial charge < -0.3 is 29.8 Å². The average molecular weight is 493 g/mol. The van der Waals surface area contributed by atoms with Crippen LogP contribution in [0.25, 0.3) is 5.70 Å². The second-order valence-corrected chi connectivity index (χ2v) is 9.53. The minimum atomic E-state index is -0.973. The maximum atomic E-state index is 7.19. The number of aliphatic imine (C=N–C) groups is 2. The number of benzene rings is 1. The van der Waals surface area contributed by atoms with Crippen molar-refractivity contribution in [3.05, 3.63) is 42.1 Å². The number of nitrogens with two attached hydrogens (primary N) is 1. The number of rotatable bonds is 5. The van der Waals surface area contributed by atoms with Crippen molar-refractivity contribution < 1.29 is 13.9 Å². The quantitative estimate of drug-likeness (QED) is 0.496. The van der Waals surface area contributed by atoms with Crippen LogP contribution in [0, 0.1) is 5.92 Å². The predicted molar refractivity (Wildman–Crippen MR) is 138 cm³/mol. The summed E-state index contributed by atoms with van der Waals surface area (Å²) in [4.78, 5) is 16.2. The third kappa shape index (κ3) is 4.07. The van der Waals surface area contributed by atoms with Crippen LogP contribution in [0.15, 0.2) is 50.8 Å². The molecule has 4 heterocycles. The first-order valence-electron chi connectivity index (χ1n) is 12.6. The molecule has 0 amide bonds. The van der Waals surface area contributed by atoms with Crippen molar-refractivity contribution in [1.29, 1.82) is 0 Å². The summed E-state index contributed by atoms with van der Waals surface area (Å²) in [6, 6.07) is 6.10. The van der Waals surface area contributed by atoms with Gasteiger partial charge in [-0.2, -0.15) is 4.99 Å². The van der Waals surface area contributed by atoms with Gasteiger partial charge >= 0.3 is 0 Å². The van der Waals surface area contributed by atoms with Crippen LogP contribution in [0.1, 0.15) is 37.9 Å². The van der Waals surface area contributed by atoms with Gasteiger partial charge in [0.2, 0.25) is 5.96 Å². The van der Waals surface area contributed by atoms with E-state index in [-0.39, 0.29) is 5.92 Å². The summed E-state index contributed by atoms with van der Waals surface area (Å²) in [5.41, 5.74) is 16.0. The molecule has 1 saturated heterocycles. The summed E-state index contributed by atoms with van der Waals surface area (Å²) in [6.07, 6.45) is 8.58. The Kier molecular flexibility index (Phi) is 6.02. The Morgan fingerprint density at radius 3 is 2.75 bits per heavy atom. The number of anilines is 2. The lowest BCUT2D eigenvalue weighted by molar-refractivity contribution is 0.122. The van der Waals surface area contributed by atoms with Gasteiger partial charge in [0.1, 0.15) is 17.1 Å². The summed E-state index contributed by atoms with van der Waals surface area (Å²) >= 11 is 0. The number of guanidine groups is 1. The van der Waals surface area contributed by atoms with Crippen LogP contribution in [-0.4, -0.2) is 55.9 Å². The van der Waals surface area contributed by atoms with E-state index in [0.717, 1.165) is 74.6 Å². The third-order valence-electron chi connectivity index (χ3n) is 7.42. The largest absolute Gasteiger partial charge is 0.494 e. The highest BCUT2D eigenvalue weighted by Gasteiger charge is 2.48. The number of nitrogens with zero attached hydrogens (tertiary/aromatic N) is 4. The van der Waals surface area contributed by atoms with Gasteiger partial charge in [0.05, 0.1) is 37.8 Å². The molecule has 3 aliphatic heterocycles. The first-order valence-corrected chi connectivity index (χ1v) is 12.6. The van der Waals surface area contributed by atoms with E-state index in [4.69, 9.17) is 29.6 Å². The molecule has 0 radical (unpaired) electrons. The van der Waals surface area contributed by atoms with Crippen LogP contribution >= 0.6 is 0 Å². The van der Waals surface area contributed by atoms with Crippen LogP contribution in [0.3, 0.4) is 0 Å². The topological polar surface area (TPSA) is 135 Å². The standard InChI is InChI=1S/C25H32N8O3/c1-34-19-13-17(33-9-11-35-12-10-33)7-8-18(19)28-24-29-23-21(22(31-32-23)20-14-27-15-36-20)25(26,30-24)16-5-3-2-4-6-16/h7-8,13-16H,2-6,9-12,26H2,1H3,(H3,28,29,30,31,32). The Morgan fingerprint density at radius 2 is 2.00 bits per heavy atom. The second-order valence-electron chi connectivity index (χ2n) is 9.53. The highest BCUT2D eigenvalue weighted by Crippen LogP contribution is 2.42. The van der Waals surface area contributed by atoms with E-state index in [2.05, 4.69) is 32.1 Å². The molecule has 2 aromatic rings. The lowest BCUT2D eigenvalue weighted by Gasteiger charge is -2.39. The minimum absolute atomic E-state index is 0.175. The first-order chi connectivity index (χ1) is 17.7. The van der Waals surface area contributed by atoms with Crippen LogP contribution in [-0.2, 0) is 4.74 Å². The molecule has 0 spiro atoms. The van der Waals surface area contributed by atoms with Crippen molar-refractivity contribution in [1.82, 2.24) is 15.8 Å². The first kappa shape index (κ1) is 22.9. The van der Waals surface area contributed by atoms with Gasteiger partial charge in [0.25, 0.3) is 0 Å². The molecule has 1 aromatic carbocycles. The van der Waals surface area contributed by atoms with Gasteiger partial charge in [-0.3, -0.25) is 10.9 Å². The van der Waals surface area contributed by atoms with Gasteiger partial charge in [0.15, 0.2) is 18.0 Å². The van der Waals surface area contributed by atoms with E-state index in [1.165, 1.54) is 12.8 Å². The average Bonchev–Trinajstić information content (AvgIpc) is 3.61. The number of morpholine rings is 1. The highest BCUT2D eigenvalue weighted by molar-refractivity contribution is 6.17. The number of nitrogens with one attached hydrogen (secondary N) is 3. The van der Waals surface area contributed by atoms with Crippen molar-refractivity contribution in [2.24, 2.45) is 21.6 Å².